The lowest BCUT2D eigenvalue weighted by atomic mass is 9.89. The summed E-state index contributed by atoms with van der Waals surface area (Å²) in [6.45, 7) is 2.59. The number of aromatic nitrogens is 2. The van der Waals surface area contributed by atoms with Crippen LogP contribution >= 0.6 is 0 Å². The van der Waals surface area contributed by atoms with Crippen molar-refractivity contribution in [2.75, 3.05) is 13.7 Å². The van der Waals surface area contributed by atoms with Crippen molar-refractivity contribution in [1.82, 2.24) is 9.55 Å². The number of hydrogen-bond acceptors (Lipinski definition) is 5. The molecular weight excluding hydrogens is 468 g/mol. The van der Waals surface area contributed by atoms with Crippen LogP contribution in [0, 0.1) is 6.92 Å². The second-order valence-electron chi connectivity index (χ2n) is 9.17. The summed E-state index contributed by atoms with van der Waals surface area (Å²) in [4.78, 5) is 29.8. The van der Waals surface area contributed by atoms with Gasteiger partial charge in [-0.2, -0.15) is 0 Å². The van der Waals surface area contributed by atoms with Crippen molar-refractivity contribution in [2.45, 2.75) is 26.2 Å². The Labute approximate surface area is 215 Å². The lowest BCUT2D eigenvalue weighted by Gasteiger charge is -2.22. The molecule has 3 heterocycles. The second kappa shape index (κ2) is 9.93. The zero-order chi connectivity index (χ0) is 26.1. The Kier molecular flexibility index (Phi) is 6.53. The van der Waals surface area contributed by atoms with Crippen molar-refractivity contribution < 1.29 is 19.4 Å². The molecule has 0 aliphatic carbocycles. The van der Waals surface area contributed by atoms with Gasteiger partial charge >= 0.3 is 5.97 Å². The van der Waals surface area contributed by atoms with Crippen LogP contribution in [0.5, 0.6) is 11.6 Å². The summed E-state index contributed by atoms with van der Waals surface area (Å²) < 4.78 is 12.7. The number of aryl methyl sites for hydroxylation is 1. The molecule has 1 N–H and O–H groups in total. The first-order valence-corrected chi connectivity index (χ1v) is 12.2. The van der Waals surface area contributed by atoms with Crippen molar-refractivity contribution in [2.24, 2.45) is 7.05 Å². The van der Waals surface area contributed by atoms with Gasteiger partial charge in [-0.15, -0.1) is 0 Å². The quantitative estimate of drug-likeness (QED) is 0.402. The average Bonchev–Trinajstić information content (AvgIpc) is 2.91. The molecule has 7 nitrogen and oxygen atoms in total. The second-order valence-corrected chi connectivity index (χ2v) is 9.17. The number of nitrogens with zero attached hydrogens (tertiary/aromatic N) is 2. The molecule has 0 amide bonds. The Morgan fingerprint density at radius 1 is 1.08 bits per heavy atom. The first kappa shape index (κ1) is 24.3. The molecule has 0 saturated heterocycles. The Bertz CT molecular complexity index is 1570. The molecule has 2 aromatic heterocycles. The van der Waals surface area contributed by atoms with Crippen molar-refractivity contribution >= 4 is 5.97 Å². The molecule has 188 valence electrons. The third-order valence-corrected chi connectivity index (χ3v) is 6.90. The zero-order valence-electron chi connectivity index (χ0n) is 21.1. The fourth-order valence-corrected chi connectivity index (χ4v) is 5.16. The predicted molar refractivity (Wildman–Crippen MR) is 142 cm³/mol. The van der Waals surface area contributed by atoms with E-state index in [0.717, 1.165) is 57.5 Å². The number of rotatable bonds is 6. The Hall–Kier alpha value is -4.39. The van der Waals surface area contributed by atoms with E-state index in [0.29, 0.717) is 23.7 Å². The Balaban J connectivity index is 1.74. The SMILES string of the molecule is COc1ncccc1-c1cccc(-c2c(C)c(-c3ccc4c(c3)CCCO4)c(CC(=O)O)n(C)c2=O)c1. The Morgan fingerprint density at radius 2 is 1.86 bits per heavy atom. The Morgan fingerprint density at radius 3 is 2.65 bits per heavy atom. The minimum atomic E-state index is -0.990. The summed E-state index contributed by atoms with van der Waals surface area (Å²) in [6, 6.07) is 17.4. The molecule has 37 heavy (non-hydrogen) atoms. The molecule has 7 heteroatoms. The highest BCUT2D eigenvalue weighted by Crippen LogP contribution is 2.37. The number of benzene rings is 2. The maximum absolute atomic E-state index is 13.7. The monoisotopic (exact) mass is 496 g/mol. The summed E-state index contributed by atoms with van der Waals surface area (Å²) in [6.07, 6.45) is 3.23. The van der Waals surface area contributed by atoms with E-state index >= 15 is 0 Å². The first-order valence-electron chi connectivity index (χ1n) is 12.2. The highest BCUT2D eigenvalue weighted by atomic mass is 16.5. The average molecular weight is 497 g/mol. The van der Waals surface area contributed by atoms with Crippen LogP contribution in [0.25, 0.3) is 33.4 Å². The lowest BCUT2D eigenvalue weighted by Crippen LogP contribution is -2.26. The molecule has 1 aliphatic heterocycles. The topological polar surface area (TPSA) is 90.7 Å². The summed E-state index contributed by atoms with van der Waals surface area (Å²) in [5, 5.41) is 9.68. The van der Waals surface area contributed by atoms with Crippen molar-refractivity contribution in [3.05, 3.63) is 88.0 Å². The van der Waals surface area contributed by atoms with Gasteiger partial charge in [0.05, 0.1) is 25.7 Å². The molecule has 0 spiro atoms. The minimum Gasteiger partial charge on any atom is -0.493 e. The normalized spacial score (nSPS) is 12.5. The molecule has 0 fully saturated rings. The molecule has 0 unspecified atom stereocenters. The van der Waals surface area contributed by atoms with Gasteiger partial charge in [0.15, 0.2) is 0 Å². The number of hydrogen-bond donors (Lipinski definition) is 1. The maximum atomic E-state index is 13.7. The van der Waals surface area contributed by atoms with Crippen molar-refractivity contribution in [3.8, 4) is 45.0 Å². The molecule has 1 aliphatic rings. The van der Waals surface area contributed by atoms with Crippen LogP contribution in [0.3, 0.4) is 0 Å². The van der Waals surface area contributed by atoms with E-state index in [1.807, 2.05) is 55.5 Å². The van der Waals surface area contributed by atoms with E-state index in [4.69, 9.17) is 9.47 Å². The molecule has 0 bridgehead atoms. The van der Waals surface area contributed by atoms with E-state index < -0.39 is 5.97 Å². The van der Waals surface area contributed by atoms with E-state index in [1.54, 1.807) is 20.4 Å². The summed E-state index contributed by atoms with van der Waals surface area (Å²) >= 11 is 0. The van der Waals surface area contributed by atoms with Crippen LogP contribution in [-0.2, 0) is 24.7 Å². The number of carboxylic acids is 1. The molecule has 5 rings (SSSR count). The van der Waals surface area contributed by atoms with Gasteiger partial charge < -0.3 is 19.1 Å². The maximum Gasteiger partial charge on any atom is 0.309 e. The van der Waals surface area contributed by atoms with Crippen LogP contribution in [0.4, 0.5) is 0 Å². The molecular formula is C30H28N2O5. The van der Waals surface area contributed by atoms with E-state index in [2.05, 4.69) is 11.1 Å². The van der Waals surface area contributed by atoms with Gasteiger partial charge in [0.25, 0.3) is 5.56 Å². The van der Waals surface area contributed by atoms with Crippen LogP contribution in [0.2, 0.25) is 0 Å². The van der Waals surface area contributed by atoms with Crippen molar-refractivity contribution in [3.63, 3.8) is 0 Å². The van der Waals surface area contributed by atoms with Gasteiger partial charge in [0.2, 0.25) is 5.88 Å². The van der Waals surface area contributed by atoms with E-state index in [1.165, 1.54) is 4.57 Å². The van der Waals surface area contributed by atoms with Crippen LogP contribution in [0.15, 0.2) is 65.6 Å². The van der Waals surface area contributed by atoms with Crippen LogP contribution in [0.1, 0.15) is 23.2 Å². The number of carboxylic acid groups (broad SMARTS) is 1. The predicted octanol–water partition coefficient (Wildman–Crippen LogP) is 5.05. The molecule has 4 aromatic rings. The van der Waals surface area contributed by atoms with Gasteiger partial charge in [0.1, 0.15) is 5.75 Å². The highest BCUT2D eigenvalue weighted by Gasteiger charge is 2.23. The van der Waals surface area contributed by atoms with Gasteiger partial charge in [-0.25, -0.2) is 4.98 Å². The fourth-order valence-electron chi connectivity index (χ4n) is 5.16. The number of methoxy groups -OCH3 is 1. The van der Waals surface area contributed by atoms with Gasteiger partial charge in [0, 0.05) is 30.1 Å². The molecule has 0 saturated carbocycles. The highest BCUT2D eigenvalue weighted by molar-refractivity contribution is 5.84. The standard InChI is InChI=1S/C30H28N2O5/c1-18-27(22-11-12-25-20(16-22)9-6-14-37-25)24(17-26(33)34)32(2)30(35)28(18)21-8-4-7-19(15-21)23-10-5-13-31-29(23)36-3/h4-5,7-8,10-13,15-16H,6,9,14,17H2,1-3H3,(H,33,34). The smallest absolute Gasteiger partial charge is 0.309 e. The number of carbonyl (C=O) groups is 1. The summed E-state index contributed by atoms with van der Waals surface area (Å²) in [5.41, 5.74) is 6.66. The first-order chi connectivity index (χ1) is 17.9. The molecule has 0 radical (unpaired) electrons. The number of ether oxygens (including phenoxy) is 2. The largest absolute Gasteiger partial charge is 0.493 e. The molecule has 0 atom stereocenters. The fraction of sp³-hybridized carbons (Fsp3) is 0.233. The van der Waals surface area contributed by atoms with Crippen LogP contribution in [-0.4, -0.2) is 34.3 Å². The zero-order valence-corrected chi connectivity index (χ0v) is 21.1. The summed E-state index contributed by atoms with van der Waals surface area (Å²) in [5.74, 6) is 0.365. The lowest BCUT2D eigenvalue weighted by molar-refractivity contribution is -0.136. The van der Waals surface area contributed by atoms with E-state index in [-0.39, 0.29) is 12.0 Å². The van der Waals surface area contributed by atoms with Crippen molar-refractivity contribution in [1.29, 1.82) is 0 Å². The number of pyridine rings is 2. The van der Waals surface area contributed by atoms with E-state index in [9.17, 15) is 14.7 Å². The third-order valence-electron chi connectivity index (χ3n) is 6.90. The molecule has 2 aromatic carbocycles. The number of aliphatic carboxylic acids is 1. The van der Waals surface area contributed by atoms with Gasteiger partial charge in [-0.3, -0.25) is 9.59 Å². The van der Waals surface area contributed by atoms with Crippen LogP contribution < -0.4 is 15.0 Å². The number of fused-ring (bicyclic) bond motifs is 1. The third kappa shape index (κ3) is 4.48. The van der Waals surface area contributed by atoms with Gasteiger partial charge in [-0.1, -0.05) is 24.3 Å². The minimum absolute atomic E-state index is 0.242. The summed E-state index contributed by atoms with van der Waals surface area (Å²) in [7, 11) is 3.22. The van der Waals surface area contributed by atoms with Gasteiger partial charge in [-0.05, 0) is 77.9 Å².